The predicted molar refractivity (Wildman–Crippen MR) is 54.3 cm³/mol. The minimum atomic E-state index is 1.000. The van der Waals surface area contributed by atoms with Crippen LogP contribution in [0, 0.1) is 0 Å². The molecule has 0 aromatic heterocycles. The maximum absolute atomic E-state index is 10.7. The number of hydrogen-bond acceptors (Lipinski definition) is 2. The highest BCUT2D eigenvalue weighted by molar-refractivity contribution is 8.02. The summed E-state index contributed by atoms with van der Waals surface area (Å²) in [6.45, 7) is 0. The van der Waals surface area contributed by atoms with Crippen molar-refractivity contribution in [3.63, 3.8) is 0 Å². The molecule has 1 nitrogen and oxygen atoms in total. The molecular weight excluding hydrogens is 168 g/mol. The van der Waals surface area contributed by atoms with E-state index in [1.165, 1.54) is 30.6 Å². The van der Waals surface area contributed by atoms with E-state index in [1.54, 1.807) is 11.8 Å². The van der Waals surface area contributed by atoms with Crippen molar-refractivity contribution in [2.45, 2.75) is 38.5 Å². The highest BCUT2D eigenvalue weighted by Crippen LogP contribution is 2.28. The van der Waals surface area contributed by atoms with Crippen molar-refractivity contribution in [2.24, 2.45) is 0 Å². The zero-order valence-corrected chi connectivity index (χ0v) is 8.45. The molecule has 0 saturated heterocycles. The molecule has 0 aromatic carbocycles. The summed E-state index contributed by atoms with van der Waals surface area (Å²) in [5, 5.41) is 0. The van der Waals surface area contributed by atoms with Gasteiger partial charge in [0.15, 0.2) is 0 Å². The van der Waals surface area contributed by atoms with Crippen LogP contribution in [0.15, 0.2) is 10.5 Å². The Morgan fingerprint density at radius 1 is 1.17 bits per heavy atom. The third-order valence-corrected chi connectivity index (χ3v) is 3.31. The van der Waals surface area contributed by atoms with Crippen LogP contribution in [0.1, 0.15) is 38.5 Å². The first-order valence-electron chi connectivity index (χ1n) is 4.59. The molecule has 0 heterocycles. The van der Waals surface area contributed by atoms with Crippen LogP contribution in [0.2, 0.25) is 0 Å². The SMILES string of the molecule is CS/C1=C(\C=O)CCCCCC1. The maximum Gasteiger partial charge on any atom is 0.146 e. The number of hydrogen-bond donors (Lipinski definition) is 0. The molecule has 0 atom stereocenters. The molecule has 0 spiro atoms. The van der Waals surface area contributed by atoms with Gasteiger partial charge in [0, 0.05) is 5.57 Å². The zero-order valence-electron chi connectivity index (χ0n) is 7.64. The van der Waals surface area contributed by atoms with Gasteiger partial charge in [-0.25, -0.2) is 0 Å². The van der Waals surface area contributed by atoms with Crippen LogP contribution in [0.4, 0.5) is 0 Å². The van der Waals surface area contributed by atoms with Gasteiger partial charge in [-0.05, 0) is 36.8 Å². The highest BCUT2D eigenvalue weighted by atomic mass is 32.2. The average molecular weight is 184 g/mol. The third kappa shape index (κ3) is 2.67. The molecule has 0 bridgehead atoms. The Kier molecular flexibility index (Phi) is 4.44. The van der Waals surface area contributed by atoms with E-state index in [2.05, 4.69) is 6.26 Å². The van der Waals surface area contributed by atoms with Crippen LogP contribution in [-0.2, 0) is 4.79 Å². The quantitative estimate of drug-likeness (QED) is 0.613. The van der Waals surface area contributed by atoms with E-state index in [0.717, 1.165) is 24.7 Å². The molecule has 1 aliphatic carbocycles. The van der Waals surface area contributed by atoms with Gasteiger partial charge in [0.2, 0.25) is 0 Å². The Morgan fingerprint density at radius 2 is 1.83 bits per heavy atom. The Bertz CT molecular complexity index is 184. The van der Waals surface area contributed by atoms with Crippen molar-refractivity contribution in [2.75, 3.05) is 6.26 Å². The minimum absolute atomic E-state index is 1.000. The first-order valence-corrected chi connectivity index (χ1v) is 5.82. The van der Waals surface area contributed by atoms with Crippen LogP contribution < -0.4 is 0 Å². The molecular formula is C10H16OS. The van der Waals surface area contributed by atoms with Crippen LogP contribution in [0.25, 0.3) is 0 Å². The highest BCUT2D eigenvalue weighted by Gasteiger charge is 2.08. The summed E-state index contributed by atoms with van der Waals surface area (Å²) in [4.78, 5) is 12.0. The van der Waals surface area contributed by atoms with Gasteiger partial charge >= 0.3 is 0 Å². The number of carbonyl (C=O) groups is 1. The normalized spacial score (nSPS) is 26.1. The minimum Gasteiger partial charge on any atom is -0.298 e. The lowest BCUT2D eigenvalue weighted by atomic mass is 10.0. The second kappa shape index (κ2) is 5.41. The molecule has 0 N–H and O–H groups in total. The predicted octanol–water partition coefficient (Wildman–Crippen LogP) is 3.16. The van der Waals surface area contributed by atoms with E-state index in [9.17, 15) is 4.79 Å². The maximum atomic E-state index is 10.7. The van der Waals surface area contributed by atoms with Crippen molar-refractivity contribution in [3.8, 4) is 0 Å². The largest absolute Gasteiger partial charge is 0.298 e. The topological polar surface area (TPSA) is 17.1 Å². The fraction of sp³-hybridized carbons (Fsp3) is 0.700. The molecule has 0 unspecified atom stereocenters. The fourth-order valence-electron chi connectivity index (χ4n) is 1.61. The van der Waals surface area contributed by atoms with Crippen LogP contribution in [0.5, 0.6) is 0 Å². The molecule has 0 aliphatic heterocycles. The van der Waals surface area contributed by atoms with Crippen LogP contribution in [0.3, 0.4) is 0 Å². The second-order valence-electron chi connectivity index (χ2n) is 3.18. The molecule has 2 heteroatoms. The summed E-state index contributed by atoms with van der Waals surface area (Å²) >= 11 is 1.75. The van der Waals surface area contributed by atoms with Crippen molar-refractivity contribution in [1.29, 1.82) is 0 Å². The lowest BCUT2D eigenvalue weighted by molar-refractivity contribution is -0.105. The molecule has 68 valence electrons. The van der Waals surface area contributed by atoms with E-state index in [-0.39, 0.29) is 0 Å². The van der Waals surface area contributed by atoms with E-state index in [4.69, 9.17) is 0 Å². The van der Waals surface area contributed by atoms with Crippen LogP contribution in [-0.4, -0.2) is 12.5 Å². The lowest BCUT2D eigenvalue weighted by Gasteiger charge is -2.12. The number of rotatable bonds is 2. The van der Waals surface area contributed by atoms with Crippen molar-refractivity contribution in [3.05, 3.63) is 10.5 Å². The van der Waals surface area contributed by atoms with Gasteiger partial charge < -0.3 is 0 Å². The Morgan fingerprint density at radius 3 is 2.42 bits per heavy atom. The van der Waals surface area contributed by atoms with Crippen LogP contribution >= 0.6 is 11.8 Å². The van der Waals surface area contributed by atoms with Crippen molar-refractivity contribution >= 4 is 18.0 Å². The third-order valence-electron chi connectivity index (χ3n) is 2.35. The summed E-state index contributed by atoms with van der Waals surface area (Å²) < 4.78 is 0. The molecule has 12 heavy (non-hydrogen) atoms. The van der Waals surface area contributed by atoms with Gasteiger partial charge in [-0.3, -0.25) is 4.79 Å². The zero-order chi connectivity index (χ0) is 8.81. The first kappa shape index (κ1) is 9.85. The lowest BCUT2D eigenvalue weighted by Crippen LogP contribution is -1.95. The van der Waals surface area contributed by atoms with Gasteiger partial charge in [-0.2, -0.15) is 0 Å². The summed E-state index contributed by atoms with van der Waals surface area (Å²) in [5.41, 5.74) is 1.06. The van der Waals surface area contributed by atoms with Gasteiger partial charge in [0.25, 0.3) is 0 Å². The number of allylic oxidation sites excluding steroid dienone is 2. The Hall–Kier alpha value is -0.240. The number of thioether (sulfide) groups is 1. The average Bonchev–Trinajstić information content (AvgIpc) is 2.05. The van der Waals surface area contributed by atoms with E-state index >= 15 is 0 Å². The molecule has 0 aromatic rings. The Balaban J connectivity index is 2.69. The molecule has 0 radical (unpaired) electrons. The standard InChI is InChI=1S/C10H16OS/c1-12-10-7-5-3-2-4-6-9(10)8-11/h8H,2-7H2,1H3/b10-9-. The smallest absolute Gasteiger partial charge is 0.146 e. The monoisotopic (exact) mass is 184 g/mol. The van der Waals surface area contributed by atoms with Crippen molar-refractivity contribution in [1.82, 2.24) is 0 Å². The number of carbonyl (C=O) groups excluding carboxylic acids is 1. The van der Waals surface area contributed by atoms with Gasteiger partial charge in [-0.15, -0.1) is 11.8 Å². The summed E-state index contributed by atoms with van der Waals surface area (Å²) in [7, 11) is 0. The summed E-state index contributed by atoms with van der Waals surface area (Å²) in [6.07, 6.45) is 10.3. The molecule has 1 aliphatic rings. The molecule has 0 saturated carbocycles. The van der Waals surface area contributed by atoms with Gasteiger partial charge in [0.1, 0.15) is 6.29 Å². The van der Waals surface area contributed by atoms with Crippen molar-refractivity contribution < 1.29 is 4.79 Å². The van der Waals surface area contributed by atoms with E-state index < -0.39 is 0 Å². The van der Waals surface area contributed by atoms with Gasteiger partial charge in [0.05, 0.1) is 0 Å². The summed E-state index contributed by atoms with van der Waals surface area (Å²) in [6, 6.07) is 0. The van der Waals surface area contributed by atoms with E-state index in [1.807, 2.05) is 0 Å². The molecule has 0 fully saturated rings. The molecule has 1 rings (SSSR count). The first-order chi connectivity index (χ1) is 5.88. The number of aldehydes is 1. The Labute approximate surface area is 78.6 Å². The molecule has 0 amide bonds. The van der Waals surface area contributed by atoms with E-state index in [0.29, 0.717) is 0 Å². The summed E-state index contributed by atoms with van der Waals surface area (Å²) in [5.74, 6) is 0. The van der Waals surface area contributed by atoms with Gasteiger partial charge in [-0.1, -0.05) is 12.8 Å². The fourth-order valence-corrected chi connectivity index (χ4v) is 2.37. The second-order valence-corrected chi connectivity index (χ2v) is 4.09.